The molecule has 4 bridgehead atoms. The van der Waals surface area contributed by atoms with Crippen LogP contribution in [0.15, 0.2) is 60.7 Å². The molecule has 4 saturated carbocycles. The van der Waals surface area contributed by atoms with Crippen molar-refractivity contribution in [2.24, 2.45) is 23.2 Å². The van der Waals surface area contributed by atoms with Gasteiger partial charge in [0.15, 0.2) is 0 Å². The summed E-state index contributed by atoms with van der Waals surface area (Å²) < 4.78 is 15.2. The van der Waals surface area contributed by atoms with Gasteiger partial charge >= 0.3 is 0 Å². The minimum Gasteiger partial charge on any atom is -0.333 e. The SMILES string of the molecule is CCCN(CC(=O)Nc1cc(-c2ccccc2)nn1-c1ccc(F)cc1)C(=O)C12CC3CC(CC(C3)C1)C2. The average molecular weight is 515 g/mol. The zero-order valence-corrected chi connectivity index (χ0v) is 21.9. The molecule has 0 spiro atoms. The lowest BCUT2D eigenvalue weighted by Gasteiger charge is -2.56. The van der Waals surface area contributed by atoms with Gasteiger partial charge in [0.05, 0.1) is 23.3 Å². The van der Waals surface area contributed by atoms with Crippen LogP contribution in [0.1, 0.15) is 51.9 Å². The number of hydrogen-bond acceptors (Lipinski definition) is 3. The number of nitrogens with one attached hydrogen (secondary N) is 1. The lowest BCUT2D eigenvalue weighted by Crippen LogP contribution is -2.55. The van der Waals surface area contributed by atoms with Crippen molar-refractivity contribution in [1.29, 1.82) is 0 Å². The highest BCUT2D eigenvalue weighted by Crippen LogP contribution is 2.60. The second-order valence-corrected chi connectivity index (χ2v) is 11.6. The number of rotatable bonds is 8. The van der Waals surface area contributed by atoms with E-state index in [0.717, 1.165) is 31.2 Å². The Labute approximate surface area is 223 Å². The van der Waals surface area contributed by atoms with Crippen molar-refractivity contribution in [1.82, 2.24) is 14.7 Å². The van der Waals surface area contributed by atoms with Gasteiger partial charge < -0.3 is 10.2 Å². The molecule has 198 valence electrons. The topological polar surface area (TPSA) is 67.2 Å². The smallest absolute Gasteiger partial charge is 0.245 e. The molecule has 1 heterocycles. The van der Waals surface area contributed by atoms with Crippen molar-refractivity contribution < 1.29 is 14.0 Å². The zero-order chi connectivity index (χ0) is 26.3. The van der Waals surface area contributed by atoms with E-state index in [4.69, 9.17) is 5.10 Å². The minimum absolute atomic E-state index is 0.0176. The lowest BCUT2D eigenvalue weighted by molar-refractivity contribution is -0.158. The summed E-state index contributed by atoms with van der Waals surface area (Å²) >= 11 is 0. The summed E-state index contributed by atoms with van der Waals surface area (Å²) in [5, 5.41) is 7.72. The van der Waals surface area contributed by atoms with Crippen LogP contribution in [0.25, 0.3) is 16.9 Å². The first-order valence-electron chi connectivity index (χ1n) is 13.9. The molecule has 6 nitrogen and oxygen atoms in total. The Balaban J connectivity index is 1.24. The number of halogens is 1. The largest absolute Gasteiger partial charge is 0.333 e. The molecule has 4 fully saturated rings. The standard InChI is InChI=1S/C31H35FN4O2/c1-2-12-35(30(38)31-17-21-13-22(18-31)15-23(14-21)19-31)20-29(37)33-28-16-27(24-6-4-3-5-7-24)34-36(28)26-10-8-25(32)9-11-26/h3-11,16,21-23H,2,12-15,17-20H2,1H3,(H,33,37). The molecular weight excluding hydrogens is 479 g/mol. The van der Waals surface area contributed by atoms with E-state index in [1.807, 2.05) is 43.3 Å². The number of anilines is 1. The van der Waals surface area contributed by atoms with Gasteiger partial charge in [-0.3, -0.25) is 9.59 Å². The summed E-state index contributed by atoms with van der Waals surface area (Å²) in [7, 11) is 0. The molecule has 38 heavy (non-hydrogen) atoms. The Morgan fingerprint density at radius 1 is 1.00 bits per heavy atom. The van der Waals surface area contributed by atoms with Crippen LogP contribution < -0.4 is 5.32 Å². The van der Waals surface area contributed by atoms with E-state index in [-0.39, 0.29) is 29.6 Å². The molecule has 1 N–H and O–H groups in total. The predicted octanol–water partition coefficient (Wildman–Crippen LogP) is 6.07. The van der Waals surface area contributed by atoms with Crippen LogP contribution in [0.2, 0.25) is 0 Å². The Kier molecular flexibility index (Phi) is 6.54. The Hall–Kier alpha value is -3.48. The van der Waals surface area contributed by atoms with Crippen molar-refractivity contribution in [3.8, 4) is 16.9 Å². The molecular formula is C31H35FN4O2. The summed E-state index contributed by atoms with van der Waals surface area (Å²) in [4.78, 5) is 29.2. The van der Waals surface area contributed by atoms with Crippen molar-refractivity contribution in [3.05, 3.63) is 66.5 Å². The highest BCUT2D eigenvalue weighted by atomic mass is 19.1. The Morgan fingerprint density at radius 2 is 1.63 bits per heavy atom. The van der Waals surface area contributed by atoms with Crippen LogP contribution in [0.4, 0.5) is 10.2 Å². The van der Waals surface area contributed by atoms with Crippen LogP contribution in [-0.2, 0) is 9.59 Å². The molecule has 4 aliphatic rings. The molecule has 0 unspecified atom stereocenters. The third-order valence-corrected chi connectivity index (χ3v) is 8.72. The number of carbonyl (C=O) groups excluding carboxylic acids is 2. The molecule has 0 atom stereocenters. The maximum Gasteiger partial charge on any atom is 0.245 e. The van der Waals surface area contributed by atoms with E-state index in [2.05, 4.69) is 5.32 Å². The lowest BCUT2D eigenvalue weighted by atomic mass is 9.49. The van der Waals surface area contributed by atoms with Gasteiger partial charge in [0.25, 0.3) is 0 Å². The van der Waals surface area contributed by atoms with E-state index in [1.54, 1.807) is 21.7 Å². The third kappa shape index (κ3) is 4.74. The monoisotopic (exact) mass is 514 g/mol. The first kappa shape index (κ1) is 24.8. The molecule has 1 aromatic heterocycles. The molecule has 4 aliphatic carbocycles. The first-order valence-corrected chi connectivity index (χ1v) is 13.9. The fourth-order valence-electron chi connectivity index (χ4n) is 7.59. The number of aromatic nitrogens is 2. The molecule has 3 aromatic rings. The summed E-state index contributed by atoms with van der Waals surface area (Å²) in [6.45, 7) is 2.64. The van der Waals surface area contributed by atoms with E-state index >= 15 is 0 Å². The molecule has 2 aromatic carbocycles. The number of benzene rings is 2. The van der Waals surface area contributed by atoms with Crippen molar-refractivity contribution in [3.63, 3.8) is 0 Å². The van der Waals surface area contributed by atoms with Crippen LogP contribution in [0.5, 0.6) is 0 Å². The van der Waals surface area contributed by atoms with Crippen molar-refractivity contribution >= 4 is 17.6 Å². The van der Waals surface area contributed by atoms with Gasteiger partial charge in [-0.05, 0) is 87.0 Å². The van der Waals surface area contributed by atoms with E-state index in [1.165, 1.54) is 31.4 Å². The van der Waals surface area contributed by atoms with Gasteiger partial charge in [-0.15, -0.1) is 0 Å². The van der Waals surface area contributed by atoms with Crippen molar-refractivity contribution in [2.45, 2.75) is 51.9 Å². The molecule has 0 radical (unpaired) electrons. The number of carbonyl (C=O) groups is 2. The van der Waals surface area contributed by atoms with Gasteiger partial charge in [0, 0.05) is 18.2 Å². The van der Waals surface area contributed by atoms with Gasteiger partial charge in [-0.25, -0.2) is 9.07 Å². The van der Waals surface area contributed by atoms with Crippen LogP contribution in [0.3, 0.4) is 0 Å². The van der Waals surface area contributed by atoms with Gasteiger partial charge in [-0.2, -0.15) is 5.10 Å². The van der Waals surface area contributed by atoms with Crippen LogP contribution in [0, 0.1) is 29.0 Å². The molecule has 0 saturated heterocycles. The summed E-state index contributed by atoms with van der Waals surface area (Å²) in [5.41, 5.74) is 1.97. The summed E-state index contributed by atoms with van der Waals surface area (Å²) in [5.74, 6) is 2.08. The third-order valence-electron chi connectivity index (χ3n) is 8.72. The molecule has 2 amide bonds. The maximum absolute atomic E-state index is 14.0. The second kappa shape index (κ2) is 10.0. The molecule has 7 heteroatoms. The maximum atomic E-state index is 14.0. The first-order chi connectivity index (χ1) is 18.4. The fourth-order valence-corrected chi connectivity index (χ4v) is 7.59. The molecule has 0 aliphatic heterocycles. The number of hydrogen-bond donors (Lipinski definition) is 1. The Morgan fingerprint density at radius 3 is 2.24 bits per heavy atom. The second-order valence-electron chi connectivity index (χ2n) is 11.6. The number of nitrogens with zero attached hydrogens (tertiary/aromatic N) is 3. The van der Waals surface area contributed by atoms with E-state index < -0.39 is 0 Å². The zero-order valence-electron chi connectivity index (χ0n) is 21.9. The summed E-state index contributed by atoms with van der Waals surface area (Å²) in [6.07, 6.45) is 7.58. The highest BCUT2D eigenvalue weighted by Gasteiger charge is 2.55. The quantitative estimate of drug-likeness (QED) is 0.397. The average Bonchev–Trinajstić information content (AvgIpc) is 3.31. The fraction of sp³-hybridized carbons (Fsp3) is 0.452. The molecule has 7 rings (SSSR count). The van der Waals surface area contributed by atoms with E-state index in [0.29, 0.717) is 41.5 Å². The summed E-state index contributed by atoms with van der Waals surface area (Å²) in [6, 6.07) is 17.5. The predicted molar refractivity (Wildman–Crippen MR) is 145 cm³/mol. The van der Waals surface area contributed by atoms with Crippen molar-refractivity contribution in [2.75, 3.05) is 18.4 Å². The van der Waals surface area contributed by atoms with Crippen LogP contribution in [-0.4, -0.2) is 39.6 Å². The number of amides is 2. The van der Waals surface area contributed by atoms with Crippen LogP contribution >= 0.6 is 0 Å². The minimum atomic E-state index is -0.340. The van der Waals surface area contributed by atoms with Gasteiger partial charge in [0.2, 0.25) is 11.8 Å². The normalized spacial score (nSPS) is 25.4. The highest BCUT2D eigenvalue weighted by molar-refractivity contribution is 5.95. The van der Waals surface area contributed by atoms with Gasteiger partial charge in [-0.1, -0.05) is 37.3 Å². The van der Waals surface area contributed by atoms with Gasteiger partial charge in [0.1, 0.15) is 11.6 Å². The van der Waals surface area contributed by atoms with E-state index in [9.17, 15) is 14.0 Å². The Bertz CT molecular complexity index is 1280.